The van der Waals surface area contributed by atoms with E-state index in [-0.39, 0.29) is 36.0 Å². The molecule has 3 atom stereocenters. The maximum atomic E-state index is 16.6. The second kappa shape index (κ2) is 12.7. The SMILES string of the molecule is CCn1nccc1C(=O)N[C@H](c1nc2c(F)c(C3CN(C(=O)OC(C)(C)C)CC3C(=O)N3CC(F)(F)C3)ccc2[nH]1)[C@H]1CC[C@H](C)CC1. The van der Waals surface area contributed by atoms with Crippen molar-refractivity contribution in [1.82, 2.24) is 34.9 Å². The minimum absolute atomic E-state index is 0.0285. The van der Waals surface area contributed by atoms with Gasteiger partial charge in [-0.1, -0.05) is 25.8 Å². The van der Waals surface area contributed by atoms with Crippen LogP contribution in [-0.4, -0.2) is 85.2 Å². The number of alkyl halides is 2. The third-order valence-electron chi connectivity index (χ3n) is 9.85. The Morgan fingerprint density at radius 3 is 2.44 bits per heavy atom. The number of nitrogens with zero attached hydrogens (tertiary/aromatic N) is 5. The first kappa shape index (κ1) is 33.8. The van der Waals surface area contributed by atoms with Crippen molar-refractivity contribution in [2.45, 2.75) is 90.3 Å². The molecule has 3 aromatic rings. The molecule has 1 aliphatic carbocycles. The predicted molar refractivity (Wildman–Crippen MR) is 171 cm³/mol. The van der Waals surface area contributed by atoms with Crippen LogP contribution in [0.15, 0.2) is 24.4 Å². The van der Waals surface area contributed by atoms with Gasteiger partial charge in [0.1, 0.15) is 22.6 Å². The largest absolute Gasteiger partial charge is 0.444 e. The second-order valence-corrected chi connectivity index (χ2v) is 14.6. The number of aromatic nitrogens is 4. The smallest absolute Gasteiger partial charge is 0.410 e. The first-order valence-corrected chi connectivity index (χ1v) is 16.8. The maximum Gasteiger partial charge on any atom is 0.410 e. The number of ether oxygens (including phenoxy) is 1. The summed E-state index contributed by atoms with van der Waals surface area (Å²) in [6, 6.07) is 4.37. The van der Waals surface area contributed by atoms with Crippen molar-refractivity contribution in [2.75, 3.05) is 26.2 Å². The van der Waals surface area contributed by atoms with Crippen LogP contribution in [-0.2, 0) is 16.1 Å². The number of fused-ring (bicyclic) bond motifs is 1. The lowest BCUT2D eigenvalue weighted by Gasteiger charge is -2.40. The van der Waals surface area contributed by atoms with Gasteiger partial charge in [-0.05, 0) is 70.1 Å². The topological polar surface area (TPSA) is 125 Å². The molecule has 4 heterocycles. The zero-order chi connectivity index (χ0) is 34.5. The zero-order valence-electron chi connectivity index (χ0n) is 28.1. The fraction of sp³-hybridized carbons (Fsp3) is 0.618. The van der Waals surface area contributed by atoms with Gasteiger partial charge in [0.25, 0.3) is 11.8 Å². The zero-order valence-corrected chi connectivity index (χ0v) is 28.1. The van der Waals surface area contributed by atoms with Crippen LogP contribution >= 0.6 is 0 Å². The van der Waals surface area contributed by atoms with Crippen molar-refractivity contribution in [3.05, 3.63) is 47.3 Å². The summed E-state index contributed by atoms with van der Waals surface area (Å²) in [5.74, 6) is -5.18. The van der Waals surface area contributed by atoms with Gasteiger partial charge in [0.05, 0.1) is 30.6 Å². The number of aromatic amines is 1. The van der Waals surface area contributed by atoms with E-state index in [1.165, 1.54) is 4.90 Å². The van der Waals surface area contributed by atoms with E-state index in [0.29, 0.717) is 29.5 Å². The van der Waals surface area contributed by atoms with Crippen LogP contribution in [0.5, 0.6) is 0 Å². The number of carbonyl (C=O) groups is 3. The lowest BCUT2D eigenvalue weighted by atomic mass is 9.79. The Morgan fingerprint density at radius 1 is 1.08 bits per heavy atom. The summed E-state index contributed by atoms with van der Waals surface area (Å²) in [5.41, 5.74) is 0.240. The first-order valence-electron chi connectivity index (χ1n) is 16.8. The lowest BCUT2D eigenvalue weighted by molar-refractivity contribution is -0.169. The molecule has 0 bridgehead atoms. The summed E-state index contributed by atoms with van der Waals surface area (Å²) >= 11 is 0. The molecule has 2 aromatic heterocycles. The maximum absolute atomic E-state index is 16.6. The fourth-order valence-electron chi connectivity index (χ4n) is 7.28. The van der Waals surface area contributed by atoms with Gasteiger partial charge in [-0.3, -0.25) is 14.3 Å². The van der Waals surface area contributed by atoms with Crippen molar-refractivity contribution in [1.29, 1.82) is 0 Å². The molecule has 1 aromatic carbocycles. The van der Waals surface area contributed by atoms with Crippen LogP contribution in [0.2, 0.25) is 0 Å². The average Bonchev–Trinajstić information content (AvgIpc) is 3.77. The molecule has 14 heteroatoms. The quantitative estimate of drug-likeness (QED) is 0.335. The number of imidazole rings is 1. The Morgan fingerprint density at radius 2 is 1.79 bits per heavy atom. The molecule has 11 nitrogen and oxygen atoms in total. The Kier molecular flexibility index (Phi) is 8.97. The van der Waals surface area contributed by atoms with Crippen LogP contribution in [0.1, 0.15) is 94.1 Å². The van der Waals surface area contributed by atoms with Gasteiger partial charge in [0, 0.05) is 31.7 Å². The summed E-state index contributed by atoms with van der Waals surface area (Å²) in [4.78, 5) is 50.3. The molecule has 2 N–H and O–H groups in total. The number of hydrogen-bond acceptors (Lipinski definition) is 6. The van der Waals surface area contributed by atoms with E-state index in [9.17, 15) is 23.2 Å². The van der Waals surface area contributed by atoms with Gasteiger partial charge in [0.2, 0.25) is 5.91 Å². The molecule has 48 heavy (non-hydrogen) atoms. The van der Waals surface area contributed by atoms with E-state index in [1.807, 2.05) is 6.92 Å². The van der Waals surface area contributed by atoms with Gasteiger partial charge in [-0.2, -0.15) is 5.10 Å². The highest BCUT2D eigenvalue weighted by Gasteiger charge is 2.51. The third kappa shape index (κ3) is 6.75. The highest BCUT2D eigenvalue weighted by molar-refractivity contribution is 5.92. The number of amides is 3. The molecule has 1 saturated carbocycles. The molecule has 2 aliphatic heterocycles. The average molecular weight is 672 g/mol. The Balaban J connectivity index is 1.33. The first-order chi connectivity index (χ1) is 22.6. The van der Waals surface area contributed by atoms with Crippen LogP contribution in [0.4, 0.5) is 18.0 Å². The van der Waals surface area contributed by atoms with Gasteiger partial charge in [-0.15, -0.1) is 0 Å². The van der Waals surface area contributed by atoms with E-state index in [1.54, 1.807) is 49.8 Å². The van der Waals surface area contributed by atoms with Gasteiger partial charge in [0.15, 0.2) is 5.82 Å². The van der Waals surface area contributed by atoms with Crippen molar-refractivity contribution in [3.63, 3.8) is 0 Å². The highest BCUT2D eigenvalue weighted by atomic mass is 19.3. The lowest BCUT2D eigenvalue weighted by Crippen LogP contribution is -2.60. The van der Waals surface area contributed by atoms with Crippen LogP contribution in [0.25, 0.3) is 11.0 Å². The second-order valence-electron chi connectivity index (χ2n) is 14.6. The predicted octanol–water partition coefficient (Wildman–Crippen LogP) is 5.64. The molecule has 3 amide bonds. The van der Waals surface area contributed by atoms with E-state index in [4.69, 9.17) is 9.72 Å². The Hall–Kier alpha value is -4.10. The minimum Gasteiger partial charge on any atom is -0.444 e. The molecule has 2 unspecified atom stereocenters. The molecule has 0 spiro atoms. The molecule has 260 valence electrons. The molecule has 3 fully saturated rings. The fourth-order valence-corrected chi connectivity index (χ4v) is 7.28. The van der Waals surface area contributed by atoms with Crippen molar-refractivity contribution >= 4 is 28.9 Å². The highest BCUT2D eigenvalue weighted by Crippen LogP contribution is 2.41. The molecule has 6 rings (SSSR count). The number of H-pyrrole nitrogens is 1. The standard InChI is InChI=1S/C34H44F3N7O4/c1-6-44-25(13-14-38-44)30(45)41-27(20-9-7-19(2)8-10-20)29-39-24-12-11-21(26(35)28(24)40-29)22-15-42(32(47)48-33(3,4)5)16-23(22)31(46)43-17-34(36,37)18-43/h11-14,19-20,22-23,27H,6-10,15-18H2,1-5H3,(H,39,40)(H,41,45)/t19-,20-,22?,23?,27-/m0/s1. The third-order valence-corrected chi connectivity index (χ3v) is 9.85. The number of rotatable bonds is 7. The Labute approximate surface area is 277 Å². The van der Waals surface area contributed by atoms with E-state index >= 15 is 4.39 Å². The summed E-state index contributed by atoms with van der Waals surface area (Å²) in [6.07, 6.45) is 4.64. The van der Waals surface area contributed by atoms with Crippen molar-refractivity contribution in [2.24, 2.45) is 17.8 Å². The van der Waals surface area contributed by atoms with Gasteiger partial charge >= 0.3 is 6.09 Å². The molecular weight excluding hydrogens is 627 g/mol. The van der Waals surface area contributed by atoms with Crippen molar-refractivity contribution < 1.29 is 32.3 Å². The summed E-state index contributed by atoms with van der Waals surface area (Å²) < 4.78 is 51.2. The monoisotopic (exact) mass is 671 g/mol. The number of aryl methyl sites for hydroxylation is 1. The van der Waals surface area contributed by atoms with E-state index in [2.05, 4.69) is 22.3 Å². The van der Waals surface area contributed by atoms with Crippen LogP contribution < -0.4 is 5.32 Å². The van der Waals surface area contributed by atoms with Crippen molar-refractivity contribution in [3.8, 4) is 0 Å². The molecular formula is C34H44F3N7O4. The summed E-state index contributed by atoms with van der Waals surface area (Å²) in [5, 5.41) is 7.37. The summed E-state index contributed by atoms with van der Waals surface area (Å²) in [6.45, 7) is 8.24. The summed E-state index contributed by atoms with van der Waals surface area (Å²) in [7, 11) is 0. The van der Waals surface area contributed by atoms with E-state index < -0.39 is 60.3 Å². The minimum atomic E-state index is -2.97. The van der Waals surface area contributed by atoms with Gasteiger partial charge in [-0.25, -0.2) is 22.9 Å². The van der Waals surface area contributed by atoms with Crippen LogP contribution in [0, 0.1) is 23.6 Å². The molecule has 2 saturated heterocycles. The number of hydrogen-bond donors (Lipinski definition) is 2. The van der Waals surface area contributed by atoms with E-state index in [0.717, 1.165) is 30.6 Å². The van der Waals surface area contributed by atoms with Gasteiger partial charge < -0.3 is 24.8 Å². The number of likely N-dealkylation sites (tertiary alicyclic amines) is 2. The molecule has 3 aliphatic rings. The normalized spacial score (nSPS) is 24.8. The van der Waals surface area contributed by atoms with Crippen LogP contribution in [0.3, 0.4) is 0 Å². The molecule has 0 radical (unpaired) electrons. The number of carbonyl (C=O) groups excluding carboxylic acids is 3. The Bertz CT molecular complexity index is 1680. The number of benzene rings is 1. The number of halogens is 3. The number of nitrogens with one attached hydrogen (secondary N) is 2.